The Morgan fingerprint density at radius 1 is 1.00 bits per heavy atom. The molecule has 2 rings (SSSR count). The minimum absolute atomic E-state index is 0.0849. The van der Waals surface area contributed by atoms with Crippen molar-refractivity contribution in [1.82, 2.24) is 0 Å². The first-order chi connectivity index (χ1) is 11.5. The number of rotatable bonds is 7. The van der Waals surface area contributed by atoms with Crippen molar-refractivity contribution in [2.75, 3.05) is 11.9 Å². The van der Waals surface area contributed by atoms with Crippen LogP contribution in [0.15, 0.2) is 46.9 Å². The molecule has 7 heteroatoms. The maximum absolute atomic E-state index is 13.4. The van der Waals surface area contributed by atoms with Crippen LogP contribution >= 0.6 is 15.9 Å². The largest absolute Gasteiger partial charge is 0.486 e. The number of para-hydroxylation sites is 1. The standard InChI is InChI=1S/C17H14BrF2NO3/c18-11-4-7-13(8-5-11)24-10-12(22)6-9-16(23)21-17-14(19)2-1-3-15(17)20/h1-5,7-8H,6,9-10H2,(H,21,23). The van der Waals surface area contributed by atoms with Crippen LogP contribution in [0.3, 0.4) is 0 Å². The normalized spacial score (nSPS) is 10.3. The maximum atomic E-state index is 13.4. The van der Waals surface area contributed by atoms with Gasteiger partial charge in [0.05, 0.1) is 0 Å². The van der Waals surface area contributed by atoms with E-state index in [9.17, 15) is 18.4 Å². The average Bonchev–Trinajstić information content (AvgIpc) is 2.56. The number of Topliss-reactive ketones (excluding diaryl/α,β-unsaturated/α-hetero) is 1. The lowest BCUT2D eigenvalue weighted by atomic mass is 10.2. The molecule has 1 N–H and O–H groups in total. The number of halogens is 3. The molecule has 4 nitrogen and oxygen atoms in total. The zero-order valence-corrected chi connectivity index (χ0v) is 14.1. The number of carbonyl (C=O) groups is 2. The van der Waals surface area contributed by atoms with Gasteiger partial charge in [-0.25, -0.2) is 8.78 Å². The Kier molecular flexibility index (Phi) is 6.43. The predicted molar refractivity (Wildman–Crippen MR) is 88.9 cm³/mol. The fraction of sp³-hybridized carbons (Fsp3) is 0.176. The van der Waals surface area contributed by atoms with E-state index in [4.69, 9.17) is 4.74 Å². The molecule has 0 aromatic heterocycles. The van der Waals surface area contributed by atoms with Crippen LogP contribution in [0.4, 0.5) is 14.5 Å². The molecule has 1 amide bonds. The molecule has 0 saturated carbocycles. The molecule has 0 bridgehead atoms. The van der Waals surface area contributed by atoms with Gasteiger partial charge >= 0.3 is 0 Å². The first kappa shape index (κ1) is 18.1. The Hall–Kier alpha value is -2.28. The van der Waals surface area contributed by atoms with E-state index in [-0.39, 0.29) is 25.2 Å². The Balaban J connectivity index is 1.77. The molecular weight excluding hydrogens is 384 g/mol. The topological polar surface area (TPSA) is 55.4 Å². The number of anilines is 1. The smallest absolute Gasteiger partial charge is 0.224 e. The van der Waals surface area contributed by atoms with E-state index in [1.807, 2.05) is 0 Å². The van der Waals surface area contributed by atoms with Gasteiger partial charge in [-0.05, 0) is 36.4 Å². The highest BCUT2D eigenvalue weighted by atomic mass is 79.9. The summed E-state index contributed by atoms with van der Waals surface area (Å²) in [6, 6.07) is 10.2. The van der Waals surface area contributed by atoms with Crippen LogP contribution < -0.4 is 10.1 Å². The molecule has 0 spiro atoms. The molecule has 0 aliphatic carbocycles. The summed E-state index contributed by atoms with van der Waals surface area (Å²) in [5, 5.41) is 2.13. The molecule has 0 fully saturated rings. The van der Waals surface area contributed by atoms with Crippen LogP contribution in [0.2, 0.25) is 0 Å². The summed E-state index contributed by atoms with van der Waals surface area (Å²) < 4.78 is 33.0. The van der Waals surface area contributed by atoms with Gasteiger partial charge in [-0.1, -0.05) is 22.0 Å². The minimum atomic E-state index is -0.867. The van der Waals surface area contributed by atoms with Gasteiger partial charge < -0.3 is 10.1 Å². The fourth-order valence-electron chi connectivity index (χ4n) is 1.84. The molecule has 2 aromatic rings. The molecule has 0 radical (unpaired) electrons. The first-order valence-corrected chi connectivity index (χ1v) is 7.89. The number of amides is 1. The summed E-state index contributed by atoms with van der Waals surface area (Å²) in [5.74, 6) is -2.14. The lowest BCUT2D eigenvalue weighted by Crippen LogP contribution is -2.18. The molecule has 0 atom stereocenters. The fourth-order valence-corrected chi connectivity index (χ4v) is 2.10. The number of ether oxygens (including phenoxy) is 1. The highest BCUT2D eigenvalue weighted by Gasteiger charge is 2.13. The number of hydrogen-bond acceptors (Lipinski definition) is 3. The van der Waals surface area contributed by atoms with Gasteiger partial charge in [0.1, 0.15) is 29.7 Å². The molecule has 0 aliphatic rings. The highest BCUT2D eigenvalue weighted by Crippen LogP contribution is 2.18. The second-order valence-corrected chi connectivity index (χ2v) is 5.84. The van der Waals surface area contributed by atoms with E-state index >= 15 is 0 Å². The van der Waals surface area contributed by atoms with Crippen molar-refractivity contribution in [2.24, 2.45) is 0 Å². The van der Waals surface area contributed by atoms with E-state index < -0.39 is 23.2 Å². The summed E-state index contributed by atoms with van der Waals surface area (Å²) in [7, 11) is 0. The third-order valence-corrected chi connectivity index (χ3v) is 3.60. The van der Waals surface area contributed by atoms with Crippen molar-refractivity contribution in [3.63, 3.8) is 0 Å². The van der Waals surface area contributed by atoms with Gasteiger partial charge in [0.2, 0.25) is 5.91 Å². The third kappa shape index (κ3) is 5.42. The number of nitrogens with one attached hydrogen (secondary N) is 1. The van der Waals surface area contributed by atoms with Crippen LogP contribution in [0.5, 0.6) is 5.75 Å². The lowest BCUT2D eigenvalue weighted by Gasteiger charge is -2.08. The van der Waals surface area contributed by atoms with E-state index in [0.29, 0.717) is 5.75 Å². The summed E-state index contributed by atoms with van der Waals surface area (Å²) in [4.78, 5) is 23.4. The SMILES string of the molecule is O=C(CCC(=O)Nc1c(F)cccc1F)COc1ccc(Br)cc1. The Labute approximate surface area is 145 Å². The molecule has 0 heterocycles. The number of hydrogen-bond donors (Lipinski definition) is 1. The predicted octanol–water partition coefficient (Wildman–Crippen LogP) is 4.09. The molecular formula is C17H14BrF2NO3. The van der Waals surface area contributed by atoms with Crippen LogP contribution in [0.1, 0.15) is 12.8 Å². The molecule has 2 aromatic carbocycles. The van der Waals surface area contributed by atoms with Crippen molar-refractivity contribution < 1.29 is 23.1 Å². The highest BCUT2D eigenvalue weighted by molar-refractivity contribution is 9.10. The minimum Gasteiger partial charge on any atom is -0.486 e. The van der Waals surface area contributed by atoms with Gasteiger partial charge in [-0.2, -0.15) is 0 Å². The maximum Gasteiger partial charge on any atom is 0.224 e. The molecule has 0 aliphatic heterocycles. The van der Waals surface area contributed by atoms with Crippen LogP contribution in [0, 0.1) is 11.6 Å². The van der Waals surface area contributed by atoms with Gasteiger partial charge in [0.15, 0.2) is 5.78 Å². The Morgan fingerprint density at radius 2 is 1.62 bits per heavy atom. The third-order valence-electron chi connectivity index (χ3n) is 3.07. The second-order valence-electron chi connectivity index (χ2n) is 4.93. The quantitative estimate of drug-likeness (QED) is 0.765. The van der Waals surface area contributed by atoms with Crippen molar-refractivity contribution in [3.8, 4) is 5.75 Å². The lowest BCUT2D eigenvalue weighted by molar-refractivity contribution is -0.124. The first-order valence-electron chi connectivity index (χ1n) is 7.09. The summed E-state index contributed by atoms with van der Waals surface area (Å²) >= 11 is 3.28. The van der Waals surface area contributed by atoms with E-state index in [1.54, 1.807) is 24.3 Å². The molecule has 24 heavy (non-hydrogen) atoms. The van der Waals surface area contributed by atoms with Gasteiger partial charge in [-0.15, -0.1) is 0 Å². The van der Waals surface area contributed by atoms with Crippen molar-refractivity contribution in [2.45, 2.75) is 12.8 Å². The van der Waals surface area contributed by atoms with E-state index in [1.165, 1.54) is 6.07 Å². The van der Waals surface area contributed by atoms with Crippen molar-refractivity contribution in [3.05, 3.63) is 58.6 Å². The molecule has 126 valence electrons. The number of benzene rings is 2. The monoisotopic (exact) mass is 397 g/mol. The van der Waals surface area contributed by atoms with Gasteiger partial charge in [0, 0.05) is 17.3 Å². The van der Waals surface area contributed by atoms with Crippen LogP contribution in [0.25, 0.3) is 0 Å². The second kappa shape index (κ2) is 8.54. The van der Waals surface area contributed by atoms with E-state index in [0.717, 1.165) is 16.6 Å². The van der Waals surface area contributed by atoms with E-state index in [2.05, 4.69) is 21.2 Å². The van der Waals surface area contributed by atoms with Crippen molar-refractivity contribution in [1.29, 1.82) is 0 Å². The Morgan fingerprint density at radius 3 is 2.25 bits per heavy atom. The molecule has 0 saturated heterocycles. The summed E-state index contributed by atoms with van der Waals surface area (Å²) in [6.45, 7) is -0.178. The Bertz CT molecular complexity index is 715. The number of ketones is 1. The summed E-state index contributed by atoms with van der Waals surface area (Å²) in [5.41, 5.74) is -0.513. The van der Waals surface area contributed by atoms with Gasteiger partial charge in [0.25, 0.3) is 0 Å². The van der Waals surface area contributed by atoms with Crippen LogP contribution in [-0.2, 0) is 9.59 Å². The van der Waals surface area contributed by atoms with Crippen molar-refractivity contribution >= 4 is 33.3 Å². The molecule has 0 unspecified atom stereocenters. The van der Waals surface area contributed by atoms with Gasteiger partial charge in [-0.3, -0.25) is 9.59 Å². The zero-order chi connectivity index (χ0) is 17.5. The number of carbonyl (C=O) groups excluding carboxylic acids is 2. The van der Waals surface area contributed by atoms with Crippen LogP contribution in [-0.4, -0.2) is 18.3 Å². The summed E-state index contributed by atoms with van der Waals surface area (Å²) in [6.07, 6.45) is -0.269. The average molecular weight is 398 g/mol. The zero-order valence-electron chi connectivity index (χ0n) is 12.5.